The average Bonchev–Trinajstić information content (AvgIpc) is 2.08. The summed E-state index contributed by atoms with van der Waals surface area (Å²) in [6.07, 6.45) is 0. The Hall–Kier alpha value is -1.08. The van der Waals surface area contributed by atoms with Gasteiger partial charge in [0.05, 0.1) is 7.11 Å². The molecule has 1 aromatic rings. The van der Waals surface area contributed by atoms with Gasteiger partial charge in [-0.1, -0.05) is 0 Å². The van der Waals surface area contributed by atoms with Gasteiger partial charge in [0.2, 0.25) is 0 Å². The van der Waals surface area contributed by atoms with Gasteiger partial charge in [-0.2, -0.15) is 5.26 Å². The van der Waals surface area contributed by atoms with Crippen LogP contribution < -0.4 is 4.74 Å². The number of halogens is 2. The number of rotatable bonds is 1. The van der Waals surface area contributed by atoms with Gasteiger partial charge in [0.15, 0.2) is 11.6 Å². The van der Waals surface area contributed by atoms with Crippen molar-refractivity contribution in [3.63, 3.8) is 0 Å². The van der Waals surface area contributed by atoms with Crippen molar-refractivity contribution in [2.45, 2.75) is 0 Å². The van der Waals surface area contributed by atoms with Crippen LogP contribution in [0.25, 0.3) is 0 Å². The van der Waals surface area contributed by atoms with Gasteiger partial charge >= 0.3 is 0 Å². The second kappa shape index (κ2) is 3.55. The molecule has 0 saturated heterocycles. The van der Waals surface area contributed by atoms with Crippen LogP contribution in [0.5, 0.6) is 5.75 Å². The molecule has 0 unspecified atom stereocenters. The van der Waals surface area contributed by atoms with Gasteiger partial charge in [0.1, 0.15) is 11.6 Å². The molecule has 1 aromatic carbocycles. The van der Waals surface area contributed by atoms with Crippen molar-refractivity contribution < 1.29 is 9.13 Å². The van der Waals surface area contributed by atoms with Crippen LogP contribution in [-0.2, 0) is 0 Å². The summed E-state index contributed by atoms with van der Waals surface area (Å²) in [7, 11) is 1.33. The first-order valence-electron chi connectivity index (χ1n) is 3.12. The highest BCUT2D eigenvalue weighted by atomic mass is 79.9. The molecule has 62 valence electrons. The Morgan fingerprint density at radius 3 is 2.67 bits per heavy atom. The lowest BCUT2D eigenvalue weighted by atomic mass is 10.2. The number of hydrogen-bond donors (Lipinski definition) is 0. The summed E-state index contributed by atoms with van der Waals surface area (Å²) in [5.74, 6) is -0.552. The lowest BCUT2D eigenvalue weighted by Crippen LogP contribution is -1.92. The number of ether oxygens (including phenoxy) is 1. The predicted molar refractivity (Wildman–Crippen MR) is 45.4 cm³/mol. The zero-order valence-electron chi connectivity index (χ0n) is 6.27. The Morgan fingerprint density at radius 1 is 1.58 bits per heavy atom. The molecule has 0 aliphatic carbocycles. The molecule has 0 aromatic heterocycles. The van der Waals surface area contributed by atoms with E-state index < -0.39 is 5.82 Å². The molecule has 0 aliphatic heterocycles. The maximum Gasteiger partial charge on any atom is 0.173 e. The molecule has 4 heteroatoms. The molecular formula is C8H5BrFNO. The fourth-order valence-electron chi connectivity index (χ4n) is 0.837. The van der Waals surface area contributed by atoms with Crippen LogP contribution in [0.1, 0.15) is 5.56 Å². The quantitative estimate of drug-likeness (QED) is 0.742. The van der Waals surface area contributed by atoms with Crippen LogP contribution in [0.2, 0.25) is 0 Å². The van der Waals surface area contributed by atoms with E-state index in [0.717, 1.165) is 0 Å². The fraction of sp³-hybridized carbons (Fsp3) is 0.125. The van der Waals surface area contributed by atoms with Crippen molar-refractivity contribution in [2.75, 3.05) is 7.11 Å². The Balaban J connectivity index is 3.41. The summed E-state index contributed by atoms with van der Waals surface area (Å²) in [4.78, 5) is 0. The molecule has 0 amide bonds. The minimum absolute atomic E-state index is 0.0214. The fourth-order valence-corrected chi connectivity index (χ4v) is 1.24. The Kier molecular flexibility index (Phi) is 2.66. The first-order valence-corrected chi connectivity index (χ1v) is 3.92. The van der Waals surface area contributed by atoms with Crippen molar-refractivity contribution in [1.82, 2.24) is 0 Å². The summed E-state index contributed by atoms with van der Waals surface area (Å²) >= 11 is 3.11. The molecule has 0 radical (unpaired) electrons. The van der Waals surface area contributed by atoms with E-state index in [1.54, 1.807) is 0 Å². The molecule has 12 heavy (non-hydrogen) atoms. The molecule has 0 atom stereocenters. The summed E-state index contributed by atoms with van der Waals surface area (Å²) in [5, 5.41) is 8.63. The standard InChI is InChI=1S/C8H5BrFNO/c1-12-8-5(4-11)6(9)2-3-7(8)10/h2-3H,1H3. The van der Waals surface area contributed by atoms with Crippen LogP contribution >= 0.6 is 15.9 Å². The van der Waals surface area contributed by atoms with Crippen molar-refractivity contribution in [1.29, 1.82) is 5.26 Å². The highest BCUT2D eigenvalue weighted by Crippen LogP contribution is 2.28. The Labute approximate surface area is 77.7 Å². The van der Waals surface area contributed by atoms with Gasteiger partial charge in [0, 0.05) is 4.47 Å². The van der Waals surface area contributed by atoms with Gasteiger partial charge in [-0.25, -0.2) is 4.39 Å². The minimum Gasteiger partial charge on any atom is -0.492 e. The predicted octanol–water partition coefficient (Wildman–Crippen LogP) is 2.47. The molecule has 0 N–H and O–H groups in total. The Morgan fingerprint density at radius 2 is 2.25 bits per heavy atom. The third kappa shape index (κ3) is 1.41. The van der Waals surface area contributed by atoms with Crippen LogP contribution in [-0.4, -0.2) is 7.11 Å². The highest BCUT2D eigenvalue weighted by molar-refractivity contribution is 9.10. The number of nitrogens with zero attached hydrogens (tertiary/aromatic N) is 1. The SMILES string of the molecule is COc1c(F)ccc(Br)c1C#N. The molecule has 1 rings (SSSR count). The van der Waals surface area contributed by atoms with Crippen molar-refractivity contribution in [3.8, 4) is 11.8 Å². The summed E-state index contributed by atoms with van der Waals surface area (Å²) < 4.78 is 18.2. The maximum atomic E-state index is 12.9. The number of methoxy groups -OCH3 is 1. The van der Waals surface area contributed by atoms with Crippen molar-refractivity contribution >= 4 is 15.9 Å². The number of benzene rings is 1. The Bertz CT molecular complexity index is 346. The van der Waals surface area contributed by atoms with Gasteiger partial charge in [-0.05, 0) is 28.1 Å². The number of nitriles is 1. The summed E-state index contributed by atoms with van der Waals surface area (Å²) in [6, 6.07) is 4.55. The molecule has 2 nitrogen and oxygen atoms in total. The number of hydrogen-bond acceptors (Lipinski definition) is 2. The molecule has 0 saturated carbocycles. The van der Waals surface area contributed by atoms with E-state index in [-0.39, 0.29) is 11.3 Å². The topological polar surface area (TPSA) is 33.0 Å². The zero-order chi connectivity index (χ0) is 9.14. The summed E-state index contributed by atoms with van der Waals surface area (Å²) in [5.41, 5.74) is 0.178. The van der Waals surface area contributed by atoms with Crippen LogP contribution in [0.15, 0.2) is 16.6 Å². The second-order valence-electron chi connectivity index (χ2n) is 2.05. The van der Waals surface area contributed by atoms with E-state index in [2.05, 4.69) is 15.9 Å². The smallest absolute Gasteiger partial charge is 0.173 e. The van der Waals surface area contributed by atoms with E-state index in [9.17, 15) is 4.39 Å². The molecular weight excluding hydrogens is 225 g/mol. The van der Waals surface area contributed by atoms with E-state index in [0.29, 0.717) is 4.47 Å². The van der Waals surface area contributed by atoms with Gasteiger partial charge < -0.3 is 4.74 Å². The molecule has 0 spiro atoms. The second-order valence-corrected chi connectivity index (χ2v) is 2.90. The van der Waals surface area contributed by atoms with Gasteiger partial charge in [-0.15, -0.1) is 0 Å². The average molecular weight is 230 g/mol. The van der Waals surface area contributed by atoms with E-state index in [4.69, 9.17) is 10.00 Å². The van der Waals surface area contributed by atoms with Crippen LogP contribution in [0.3, 0.4) is 0 Å². The normalized spacial score (nSPS) is 9.17. The lowest BCUT2D eigenvalue weighted by Gasteiger charge is -2.04. The third-order valence-electron chi connectivity index (χ3n) is 1.37. The van der Waals surface area contributed by atoms with Crippen molar-refractivity contribution in [3.05, 3.63) is 28.0 Å². The molecule has 0 bridgehead atoms. The van der Waals surface area contributed by atoms with Crippen LogP contribution in [0.4, 0.5) is 4.39 Å². The minimum atomic E-state index is -0.530. The lowest BCUT2D eigenvalue weighted by molar-refractivity contribution is 0.385. The molecule has 0 aliphatic rings. The highest BCUT2D eigenvalue weighted by Gasteiger charge is 2.11. The van der Waals surface area contributed by atoms with Crippen molar-refractivity contribution in [2.24, 2.45) is 0 Å². The summed E-state index contributed by atoms with van der Waals surface area (Å²) in [6.45, 7) is 0. The largest absolute Gasteiger partial charge is 0.492 e. The van der Waals surface area contributed by atoms with Gasteiger partial charge in [-0.3, -0.25) is 0 Å². The third-order valence-corrected chi connectivity index (χ3v) is 2.04. The van der Waals surface area contributed by atoms with E-state index in [1.165, 1.54) is 19.2 Å². The maximum absolute atomic E-state index is 12.9. The zero-order valence-corrected chi connectivity index (χ0v) is 7.85. The monoisotopic (exact) mass is 229 g/mol. The van der Waals surface area contributed by atoms with E-state index >= 15 is 0 Å². The van der Waals surface area contributed by atoms with Gasteiger partial charge in [0.25, 0.3) is 0 Å². The molecule has 0 fully saturated rings. The molecule has 0 heterocycles. The first-order chi connectivity index (χ1) is 5.70. The van der Waals surface area contributed by atoms with Crippen LogP contribution in [0, 0.1) is 17.1 Å². The van der Waals surface area contributed by atoms with E-state index in [1.807, 2.05) is 6.07 Å². The first kappa shape index (κ1) is 9.01.